The number of H-pyrrole nitrogens is 1. The zero-order chi connectivity index (χ0) is 19.8. The Kier molecular flexibility index (Phi) is 6.69. The number of hydrogen-bond acceptors (Lipinski definition) is 5. The van der Waals surface area contributed by atoms with Crippen LogP contribution >= 0.6 is 12.2 Å². The first-order chi connectivity index (χ1) is 13.7. The minimum atomic E-state index is -0.200. The molecule has 2 N–H and O–H groups in total. The van der Waals surface area contributed by atoms with Crippen molar-refractivity contribution in [2.24, 2.45) is 0 Å². The van der Waals surface area contributed by atoms with Gasteiger partial charge < -0.3 is 14.6 Å². The van der Waals surface area contributed by atoms with Crippen molar-refractivity contribution in [2.75, 3.05) is 0 Å². The summed E-state index contributed by atoms with van der Waals surface area (Å²) in [5.74, 6) is 1.26. The number of carbonyl (C=O) groups is 1. The van der Waals surface area contributed by atoms with Gasteiger partial charge in [0, 0.05) is 30.6 Å². The lowest BCUT2D eigenvalue weighted by Gasteiger charge is -2.06. The SMILES string of the molecule is CCn1c(CNC(=O)C=Cc2ccc(OCc3cccnc3)cc2)n[nH]c1=S. The summed E-state index contributed by atoms with van der Waals surface area (Å²) in [6.45, 7) is 3.44. The second-order valence-corrected chi connectivity index (χ2v) is 6.35. The van der Waals surface area contributed by atoms with Gasteiger partial charge >= 0.3 is 0 Å². The number of rotatable bonds is 8. The van der Waals surface area contributed by atoms with Crippen LogP contribution in [0.2, 0.25) is 0 Å². The van der Waals surface area contributed by atoms with Crippen molar-refractivity contribution < 1.29 is 9.53 Å². The zero-order valence-electron chi connectivity index (χ0n) is 15.5. The van der Waals surface area contributed by atoms with E-state index in [1.807, 2.05) is 47.9 Å². The number of carbonyl (C=O) groups excluding carboxylic acids is 1. The predicted octanol–water partition coefficient (Wildman–Crippen LogP) is 3.26. The third-order valence-corrected chi connectivity index (χ3v) is 4.32. The quantitative estimate of drug-likeness (QED) is 0.452. The normalized spacial score (nSPS) is 10.9. The summed E-state index contributed by atoms with van der Waals surface area (Å²) >= 11 is 5.13. The van der Waals surface area contributed by atoms with Crippen molar-refractivity contribution in [3.8, 4) is 5.75 Å². The number of pyridine rings is 1. The molecule has 0 bridgehead atoms. The molecule has 0 aliphatic carbocycles. The molecule has 2 aromatic heterocycles. The lowest BCUT2D eigenvalue weighted by atomic mass is 10.2. The summed E-state index contributed by atoms with van der Waals surface area (Å²) in [7, 11) is 0. The second-order valence-electron chi connectivity index (χ2n) is 5.96. The van der Waals surface area contributed by atoms with Crippen LogP contribution < -0.4 is 10.1 Å². The van der Waals surface area contributed by atoms with Gasteiger partial charge in [0.1, 0.15) is 12.4 Å². The van der Waals surface area contributed by atoms with Crippen LogP contribution in [0.1, 0.15) is 23.9 Å². The zero-order valence-corrected chi connectivity index (χ0v) is 16.3. The first-order valence-corrected chi connectivity index (χ1v) is 9.28. The molecule has 1 amide bonds. The number of nitrogens with one attached hydrogen (secondary N) is 2. The van der Waals surface area contributed by atoms with E-state index in [0.29, 0.717) is 30.3 Å². The monoisotopic (exact) mass is 395 g/mol. The Hall–Kier alpha value is -3.26. The lowest BCUT2D eigenvalue weighted by Crippen LogP contribution is -2.22. The van der Waals surface area contributed by atoms with E-state index < -0.39 is 0 Å². The van der Waals surface area contributed by atoms with Crippen LogP contribution in [0, 0.1) is 4.77 Å². The molecule has 2 heterocycles. The molecule has 144 valence electrons. The summed E-state index contributed by atoms with van der Waals surface area (Å²) in [6, 6.07) is 11.4. The maximum atomic E-state index is 12.0. The number of aromatic amines is 1. The molecule has 0 saturated carbocycles. The Morgan fingerprint density at radius 3 is 2.86 bits per heavy atom. The van der Waals surface area contributed by atoms with E-state index in [0.717, 1.165) is 16.9 Å². The van der Waals surface area contributed by atoms with Crippen LogP contribution in [0.5, 0.6) is 5.75 Å². The van der Waals surface area contributed by atoms with Crippen LogP contribution in [0.3, 0.4) is 0 Å². The Balaban J connectivity index is 1.49. The van der Waals surface area contributed by atoms with Crippen LogP contribution in [0.25, 0.3) is 6.08 Å². The smallest absolute Gasteiger partial charge is 0.244 e. The first kappa shape index (κ1) is 19.5. The average molecular weight is 395 g/mol. The summed E-state index contributed by atoms with van der Waals surface area (Å²) in [4.78, 5) is 16.1. The fourth-order valence-electron chi connectivity index (χ4n) is 2.53. The van der Waals surface area contributed by atoms with Gasteiger partial charge in [0.15, 0.2) is 10.6 Å². The molecule has 0 aliphatic rings. The number of benzene rings is 1. The molecule has 8 heteroatoms. The summed E-state index contributed by atoms with van der Waals surface area (Å²) in [6.07, 6.45) is 6.74. The van der Waals surface area contributed by atoms with Crippen molar-refractivity contribution in [3.63, 3.8) is 0 Å². The van der Waals surface area contributed by atoms with Gasteiger partial charge in [-0.1, -0.05) is 18.2 Å². The van der Waals surface area contributed by atoms with Gasteiger partial charge in [-0.25, -0.2) is 0 Å². The maximum absolute atomic E-state index is 12.0. The Bertz CT molecular complexity index is 993. The topological polar surface area (TPSA) is 84.8 Å². The summed E-state index contributed by atoms with van der Waals surface area (Å²) in [5, 5.41) is 9.64. The molecular formula is C20H21N5O2S. The van der Waals surface area contributed by atoms with Crippen LogP contribution in [-0.4, -0.2) is 25.7 Å². The highest BCUT2D eigenvalue weighted by atomic mass is 32.1. The highest BCUT2D eigenvalue weighted by molar-refractivity contribution is 7.71. The van der Waals surface area contributed by atoms with Crippen molar-refractivity contribution >= 4 is 24.2 Å². The highest BCUT2D eigenvalue weighted by Gasteiger charge is 2.05. The van der Waals surface area contributed by atoms with Crippen LogP contribution in [0.4, 0.5) is 0 Å². The fourth-order valence-corrected chi connectivity index (χ4v) is 2.81. The van der Waals surface area contributed by atoms with E-state index in [1.54, 1.807) is 18.5 Å². The Morgan fingerprint density at radius 1 is 1.32 bits per heavy atom. The van der Waals surface area contributed by atoms with Crippen molar-refractivity contribution in [1.82, 2.24) is 25.1 Å². The summed E-state index contributed by atoms with van der Waals surface area (Å²) in [5.41, 5.74) is 1.91. The van der Waals surface area contributed by atoms with Gasteiger partial charge in [-0.05, 0) is 49.0 Å². The molecule has 0 aliphatic heterocycles. The number of hydrogen-bond donors (Lipinski definition) is 2. The Morgan fingerprint density at radius 2 is 2.14 bits per heavy atom. The minimum Gasteiger partial charge on any atom is -0.489 e. The molecule has 0 fully saturated rings. The van der Waals surface area contributed by atoms with Gasteiger partial charge in [0.05, 0.1) is 6.54 Å². The number of ether oxygens (including phenoxy) is 1. The molecule has 3 aromatic rings. The minimum absolute atomic E-state index is 0.200. The summed E-state index contributed by atoms with van der Waals surface area (Å²) < 4.78 is 8.11. The molecule has 0 radical (unpaired) electrons. The molecule has 1 aromatic carbocycles. The van der Waals surface area contributed by atoms with Crippen LogP contribution in [-0.2, 0) is 24.5 Å². The van der Waals surface area contributed by atoms with E-state index in [1.165, 1.54) is 6.08 Å². The third-order valence-electron chi connectivity index (χ3n) is 4.01. The predicted molar refractivity (Wildman–Crippen MR) is 109 cm³/mol. The molecule has 3 rings (SSSR count). The fraction of sp³-hybridized carbons (Fsp3) is 0.200. The molecule has 0 unspecified atom stereocenters. The molecule has 0 saturated heterocycles. The molecular weight excluding hydrogens is 374 g/mol. The van der Waals surface area contributed by atoms with E-state index in [9.17, 15) is 4.79 Å². The first-order valence-electron chi connectivity index (χ1n) is 8.87. The van der Waals surface area contributed by atoms with Crippen molar-refractivity contribution in [1.29, 1.82) is 0 Å². The van der Waals surface area contributed by atoms with E-state index in [4.69, 9.17) is 17.0 Å². The van der Waals surface area contributed by atoms with E-state index >= 15 is 0 Å². The Labute approximate surface area is 168 Å². The van der Waals surface area contributed by atoms with Gasteiger partial charge in [0.25, 0.3) is 0 Å². The molecule has 0 atom stereocenters. The second kappa shape index (κ2) is 9.61. The molecule has 7 nitrogen and oxygen atoms in total. The van der Waals surface area contributed by atoms with Gasteiger partial charge in [-0.3, -0.25) is 14.9 Å². The van der Waals surface area contributed by atoms with Crippen molar-refractivity contribution in [3.05, 3.63) is 76.6 Å². The van der Waals surface area contributed by atoms with Crippen LogP contribution in [0.15, 0.2) is 54.9 Å². The highest BCUT2D eigenvalue weighted by Crippen LogP contribution is 2.15. The standard InChI is InChI=1S/C20H21N5O2S/c1-2-25-18(23-24-20(25)28)13-22-19(26)10-7-15-5-8-17(9-6-15)27-14-16-4-3-11-21-12-16/h3-12H,2,13-14H2,1H3,(H,22,26)(H,24,28). The largest absolute Gasteiger partial charge is 0.489 e. The number of aromatic nitrogens is 4. The number of amides is 1. The van der Waals surface area contributed by atoms with E-state index in [2.05, 4.69) is 20.5 Å². The lowest BCUT2D eigenvalue weighted by molar-refractivity contribution is -0.116. The third kappa shape index (κ3) is 5.37. The molecule has 0 spiro atoms. The van der Waals surface area contributed by atoms with E-state index in [-0.39, 0.29) is 5.91 Å². The van der Waals surface area contributed by atoms with Gasteiger partial charge in [-0.15, -0.1) is 0 Å². The maximum Gasteiger partial charge on any atom is 0.244 e. The molecule has 28 heavy (non-hydrogen) atoms. The van der Waals surface area contributed by atoms with Gasteiger partial charge in [0.2, 0.25) is 5.91 Å². The number of nitrogens with zero attached hydrogens (tertiary/aromatic N) is 3. The van der Waals surface area contributed by atoms with Gasteiger partial charge in [-0.2, -0.15) is 5.10 Å². The average Bonchev–Trinajstić information content (AvgIpc) is 3.10. The van der Waals surface area contributed by atoms with Crippen molar-refractivity contribution in [2.45, 2.75) is 26.6 Å².